The van der Waals surface area contributed by atoms with Crippen LogP contribution in [0.4, 0.5) is 0 Å². The number of benzene rings is 1. The van der Waals surface area contributed by atoms with E-state index in [9.17, 15) is 4.79 Å². The summed E-state index contributed by atoms with van der Waals surface area (Å²) in [5.74, 6) is 3.19. The van der Waals surface area contributed by atoms with Crippen molar-refractivity contribution in [1.82, 2.24) is 9.80 Å². The molecule has 5 heteroatoms. The van der Waals surface area contributed by atoms with Gasteiger partial charge in [0.15, 0.2) is 11.5 Å². The molecule has 31 heavy (non-hydrogen) atoms. The van der Waals surface area contributed by atoms with Crippen LogP contribution in [0.3, 0.4) is 0 Å². The van der Waals surface area contributed by atoms with Crippen LogP contribution in [0.5, 0.6) is 11.5 Å². The zero-order chi connectivity index (χ0) is 21.6. The van der Waals surface area contributed by atoms with Crippen molar-refractivity contribution in [3.63, 3.8) is 0 Å². The van der Waals surface area contributed by atoms with Crippen molar-refractivity contribution < 1.29 is 14.3 Å². The number of likely N-dealkylation sites (N-methyl/N-ethyl adjacent to an activating group) is 1. The topological polar surface area (TPSA) is 42.0 Å². The molecule has 1 amide bonds. The average Bonchev–Trinajstić information content (AvgIpc) is 2.83. The summed E-state index contributed by atoms with van der Waals surface area (Å²) in [6.07, 6.45) is 9.31. The van der Waals surface area contributed by atoms with Crippen LogP contribution in [0.15, 0.2) is 18.2 Å². The molecule has 1 atom stereocenters. The molecule has 1 aromatic carbocycles. The number of carbonyl (C=O) groups is 1. The number of carbonyl (C=O) groups excluding carboxylic acids is 1. The molecule has 172 valence electrons. The molecule has 0 bridgehead atoms. The SMILES string of the molecule is CCN(CC1CCN(C(=O)C2CCCCC2)CC1)C(C)Cc1ccc2c(c1)OCCO2. The highest BCUT2D eigenvalue weighted by Crippen LogP contribution is 2.32. The number of nitrogens with zero attached hydrogens (tertiary/aromatic N) is 2. The lowest BCUT2D eigenvalue weighted by atomic mass is 9.87. The van der Waals surface area contributed by atoms with E-state index in [1.807, 2.05) is 6.07 Å². The van der Waals surface area contributed by atoms with Gasteiger partial charge < -0.3 is 19.3 Å². The lowest BCUT2D eigenvalue weighted by Crippen LogP contribution is -2.45. The molecule has 1 aliphatic carbocycles. The fraction of sp³-hybridized carbons (Fsp3) is 0.731. The average molecular weight is 429 g/mol. The molecule has 1 aromatic rings. The molecule has 1 saturated carbocycles. The van der Waals surface area contributed by atoms with Gasteiger partial charge in [0, 0.05) is 31.6 Å². The highest BCUT2D eigenvalue weighted by Gasteiger charge is 2.30. The lowest BCUT2D eigenvalue weighted by molar-refractivity contribution is -0.138. The molecule has 0 aromatic heterocycles. The molecule has 2 heterocycles. The predicted molar refractivity (Wildman–Crippen MR) is 124 cm³/mol. The van der Waals surface area contributed by atoms with Crippen molar-refractivity contribution in [2.75, 3.05) is 39.4 Å². The first-order valence-corrected chi connectivity index (χ1v) is 12.6. The smallest absolute Gasteiger partial charge is 0.225 e. The first kappa shape index (κ1) is 22.4. The van der Waals surface area contributed by atoms with Crippen LogP contribution in [0.25, 0.3) is 0 Å². The standard InChI is InChI=1S/C26H40N2O3/c1-3-27(20(2)17-22-9-10-24-25(18-22)31-16-15-30-24)19-21-11-13-28(14-12-21)26(29)23-7-5-4-6-8-23/h9-10,18,20-21,23H,3-8,11-17,19H2,1-2H3. The largest absolute Gasteiger partial charge is 0.486 e. The first-order valence-electron chi connectivity index (χ1n) is 12.6. The number of rotatable bonds is 7. The number of hydrogen-bond acceptors (Lipinski definition) is 4. The third kappa shape index (κ3) is 5.74. The van der Waals surface area contributed by atoms with Gasteiger partial charge in [-0.2, -0.15) is 0 Å². The number of hydrogen-bond donors (Lipinski definition) is 0. The monoisotopic (exact) mass is 428 g/mol. The zero-order valence-corrected chi connectivity index (χ0v) is 19.5. The minimum atomic E-state index is 0.309. The molecular weight excluding hydrogens is 388 g/mol. The Bertz CT molecular complexity index is 723. The Morgan fingerprint density at radius 1 is 1.06 bits per heavy atom. The van der Waals surface area contributed by atoms with Crippen LogP contribution >= 0.6 is 0 Å². The van der Waals surface area contributed by atoms with Gasteiger partial charge in [-0.15, -0.1) is 0 Å². The van der Waals surface area contributed by atoms with Crippen molar-refractivity contribution in [2.24, 2.45) is 11.8 Å². The second-order valence-corrected chi connectivity index (χ2v) is 9.72. The van der Waals surface area contributed by atoms with Crippen molar-refractivity contribution in [3.8, 4) is 11.5 Å². The number of ether oxygens (including phenoxy) is 2. The van der Waals surface area contributed by atoms with E-state index in [4.69, 9.17) is 9.47 Å². The van der Waals surface area contributed by atoms with Crippen LogP contribution in [-0.2, 0) is 11.2 Å². The van der Waals surface area contributed by atoms with Gasteiger partial charge in [-0.05, 0) is 69.2 Å². The number of amides is 1. The van der Waals surface area contributed by atoms with Gasteiger partial charge in [0.2, 0.25) is 5.91 Å². The fourth-order valence-electron chi connectivity index (χ4n) is 5.58. The van der Waals surface area contributed by atoms with Crippen molar-refractivity contribution in [3.05, 3.63) is 23.8 Å². The second kappa shape index (κ2) is 10.7. The normalized spacial score (nSPS) is 21.3. The van der Waals surface area contributed by atoms with Crippen molar-refractivity contribution in [2.45, 2.75) is 71.3 Å². The van der Waals surface area contributed by atoms with E-state index in [1.54, 1.807) is 0 Å². The number of fused-ring (bicyclic) bond motifs is 1. The van der Waals surface area contributed by atoms with E-state index < -0.39 is 0 Å². The maximum Gasteiger partial charge on any atom is 0.225 e. The van der Waals surface area contributed by atoms with Gasteiger partial charge in [0.1, 0.15) is 13.2 Å². The summed E-state index contributed by atoms with van der Waals surface area (Å²) in [7, 11) is 0. The minimum Gasteiger partial charge on any atom is -0.486 e. The highest BCUT2D eigenvalue weighted by atomic mass is 16.6. The van der Waals surface area contributed by atoms with Gasteiger partial charge >= 0.3 is 0 Å². The van der Waals surface area contributed by atoms with E-state index in [1.165, 1.54) is 24.8 Å². The van der Waals surface area contributed by atoms with Crippen LogP contribution in [-0.4, -0.2) is 61.1 Å². The fourth-order valence-corrected chi connectivity index (χ4v) is 5.58. The zero-order valence-electron chi connectivity index (χ0n) is 19.5. The number of piperidine rings is 1. The van der Waals surface area contributed by atoms with Gasteiger partial charge in [0.05, 0.1) is 0 Å². The molecular formula is C26H40N2O3. The van der Waals surface area contributed by atoms with Crippen molar-refractivity contribution >= 4 is 5.91 Å². The highest BCUT2D eigenvalue weighted by molar-refractivity contribution is 5.79. The van der Waals surface area contributed by atoms with Gasteiger partial charge in [-0.25, -0.2) is 0 Å². The minimum absolute atomic E-state index is 0.309. The molecule has 2 aliphatic heterocycles. The summed E-state index contributed by atoms with van der Waals surface area (Å²) in [6.45, 7) is 9.97. The molecule has 2 fully saturated rings. The molecule has 0 radical (unpaired) electrons. The summed E-state index contributed by atoms with van der Waals surface area (Å²) in [6, 6.07) is 6.85. The Balaban J connectivity index is 1.25. The first-order chi connectivity index (χ1) is 15.1. The van der Waals surface area contributed by atoms with Gasteiger partial charge in [0.25, 0.3) is 0 Å². The maximum atomic E-state index is 12.8. The van der Waals surface area contributed by atoms with E-state index >= 15 is 0 Å². The molecule has 0 N–H and O–H groups in total. The summed E-state index contributed by atoms with van der Waals surface area (Å²) in [5, 5.41) is 0. The molecule has 1 saturated heterocycles. The Kier molecular flexibility index (Phi) is 7.76. The number of likely N-dealkylation sites (tertiary alicyclic amines) is 1. The summed E-state index contributed by atoms with van der Waals surface area (Å²) in [4.78, 5) is 17.6. The van der Waals surface area contributed by atoms with E-state index in [0.29, 0.717) is 37.0 Å². The summed E-state index contributed by atoms with van der Waals surface area (Å²) < 4.78 is 11.4. The van der Waals surface area contributed by atoms with Gasteiger partial charge in [-0.3, -0.25) is 4.79 Å². The molecule has 1 unspecified atom stereocenters. The van der Waals surface area contributed by atoms with Crippen LogP contribution in [0.2, 0.25) is 0 Å². The lowest BCUT2D eigenvalue weighted by Gasteiger charge is -2.38. The van der Waals surface area contributed by atoms with Crippen LogP contribution in [0.1, 0.15) is 64.4 Å². The summed E-state index contributed by atoms with van der Waals surface area (Å²) >= 11 is 0. The third-order valence-corrected chi connectivity index (χ3v) is 7.54. The van der Waals surface area contributed by atoms with E-state index in [-0.39, 0.29) is 0 Å². The Hall–Kier alpha value is -1.75. The molecule has 4 rings (SSSR count). The maximum absolute atomic E-state index is 12.8. The summed E-state index contributed by atoms with van der Waals surface area (Å²) in [5.41, 5.74) is 1.31. The predicted octanol–water partition coefficient (Wildman–Crippen LogP) is 4.53. The molecule has 3 aliphatic rings. The quantitative estimate of drug-likeness (QED) is 0.640. The molecule has 5 nitrogen and oxygen atoms in total. The van der Waals surface area contributed by atoms with Crippen LogP contribution in [0, 0.1) is 11.8 Å². The Morgan fingerprint density at radius 3 is 2.48 bits per heavy atom. The second-order valence-electron chi connectivity index (χ2n) is 9.72. The molecule has 0 spiro atoms. The van der Waals surface area contributed by atoms with E-state index in [2.05, 4.69) is 35.8 Å². The Morgan fingerprint density at radius 2 is 1.77 bits per heavy atom. The van der Waals surface area contributed by atoms with Gasteiger partial charge in [-0.1, -0.05) is 32.3 Å². The third-order valence-electron chi connectivity index (χ3n) is 7.54. The van der Waals surface area contributed by atoms with Crippen molar-refractivity contribution in [1.29, 1.82) is 0 Å². The van der Waals surface area contributed by atoms with Crippen LogP contribution < -0.4 is 9.47 Å². The van der Waals surface area contributed by atoms with E-state index in [0.717, 1.165) is 69.8 Å². The Labute approximate surface area is 188 Å².